The Morgan fingerprint density at radius 2 is 1.78 bits per heavy atom. The molecule has 0 aliphatic carbocycles. The number of nitrogens with two attached hydrogens (primary N) is 1. The lowest BCUT2D eigenvalue weighted by Gasteiger charge is -2.19. The Balaban J connectivity index is 3.02. The molecule has 0 aromatic heterocycles. The van der Waals surface area contributed by atoms with Gasteiger partial charge in [-0.25, -0.2) is 0 Å². The molecule has 1 aromatic rings. The number of aryl methyl sites for hydroxylation is 1. The number of primary amides is 1. The van der Waals surface area contributed by atoms with Crippen LogP contribution in [0.2, 0.25) is 0 Å². The number of carbonyl (C=O) groups excluding carboxylic acids is 2. The minimum Gasteiger partial charge on any atom is -0.366 e. The molecule has 98 valence electrons. The van der Waals surface area contributed by atoms with Crippen LogP contribution in [0.3, 0.4) is 0 Å². The number of hydrogen-bond acceptors (Lipinski definition) is 2. The van der Waals surface area contributed by atoms with Gasteiger partial charge in [-0.05, 0) is 36.6 Å². The fraction of sp³-hybridized carbons (Fsp3) is 0.429. The smallest absolute Gasteiger partial charge is 0.253 e. The van der Waals surface area contributed by atoms with E-state index in [9.17, 15) is 9.59 Å². The van der Waals surface area contributed by atoms with Crippen molar-refractivity contribution in [1.82, 2.24) is 4.90 Å². The van der Waals surface area contributed by atoms with Crippen LogP contribution in [0, 0.1) is 12.8 Å². The Morgan fingerprint density at radius 3 is 2.28 bits per heavy atom. The van der Waals surface area contributed by atoms with E-state index in [1.807, 2.05) is 6.92 Å². The molecule has 0 heterocycles. The monoisotopic (exact) mass is 248 g/mol. The third kappa shape index (κ3) is 3.58. The minimum atomic E-state index is -0.515. The summed E-state index contributed by atoms with van der Waals surface area (Å²) in [6.07, 6.45) is 0. The predicted octanol–water partition coefficient (Wildman–Crippen LogP) is 1.82. The van der Waals surface area contributed by atoms with Gasteiger partial charge in [0.05, 0.1) is 0 Å². The normalized spacial score (nSPS) is 10.5. The first-order valence-electron chi connectivity index (χ1n) is 5.98. The Hall–Kier alpha value is -1.84. The van der Waals surface area contributed by atoms with Crippen molar-refractivity contribution in [3.63, 3.8) is 0 Å². The first-order chi connectivity index (χ1) is 8.31. The highest BCUT2D eigenvalue weighted by molar-refractivity contribution is 5.99. The maximum atomic E-state index is 12.2. The standard InChI is InChI=1S/C14H20N2O2/c1-9(2)8-16(4)14(18)12-6-10(3)5-11(7-12)13(15)17/h5-7,9H,8H2,1-4H3,(H2,15,17). The lowest BCUT2D eigenvalue weighted by molar-refractivity contribution is 0.0779. The quantitative estimate of drug-likeness (QED) is 0.883. The zero-order valence-corrected chi connectivity index (χ0v) is 11.4. The van der Waals surface area contributed by atoms with Crippen LogP contribution < -0.4 is 5.73 Å². The van der Waals surface area contributed by atoms with Gasteiger partial charge < -0.3 is 10.6 Å². The first kappa shape index (κ1) is 14.2. The number of hydrogen-bond donors (Lipinski definition) is 1. The molecule has 0 saturated carbocycles. The molecule has 0 spiro atoms. The van der Waals surface area contributed by atoms with Crippen LogP contribution in [0.15, 0.2) is 18.2 Å². The zero-order chi connectivity index (χ0) is 13.9. The first-order valence-corrected chi connectivity index (χ1v) is 5.98. The third-order valence-corrected chi connectivity index (χ3v) is 2.59. The van der Waals surface area contributed by atoms with E-state index in [4.69, 9.17) is 5.73 Å². The summed E-state index contributed by atoms with van der Waals surface area (Å²) in [5.74, 6) is -0.200. The van der Waals surface area contributed by atoms with E-state index in [1.54, 1.807) is 30.1 Å². The largest absolute Gasteiger partial charge is 0.366 e. The average Bonchev–Trinajstić information content (AvgIpc) is 2.26. The second-order valence-electron chi connectivity index (χ2n) is 5.03. The Bertz CT molecular complexity index is 467. The molecule has 2 amide bonds. The van der Waals surface area contributed by atoms with Gasteiger partial charge >= 0.3 is 0 Å². The SMILES string of the molecule is Cc1cc(C(N)=O)cc(C(=O)N(C)CC(C)C)c1. The molecule has 0 fully saturated rings. The molecule has 1 aromatic carbocycles. The maximum absolute atomic E-state index is 12.2. The predicted molar refractivity (Wildman–Crippen MR) is 71.5 cm³/mol. The maximum Gasteiger partial charge on any atom is 0.253 e. The van der Waals surface area contributed by atoms with E-state index < -0.39 is 5.91 Å². The highest BCUT2D eigenvalue weighted by Gasteiger charge is 2.15. The molecule has 0 unspecified atom stereocenters. The lowest BCUT2D eigenvalue weighted by atomic mass is 10.0. The van der Waals surface area contributed by atoms with Crippen LogP contribution in [0.4, 0.5) is 0 Å². The number of amides is 2. The molecule has 0 saturated heterocycles. The summed E-state index contributed by atoms with van der Waals surface area (Å²) in [7, 11) is 1.76. The van der Waals surface area contributed by atoms with E-state index >= 15 is 0 Å². The number of benzene rings is 1. The summed E-state index contributed by atoms with van der Waals surface area (Å²) < 4.78 is 0. The van der Waals surface area contributed by atoms with E-state index in [1.165, 1.54) is 0 Å². The van der Waals surface area contributed by atoms with E-state index in [-0.39, 0.29) is 5.91 Å². The third-order valence-electron chi connectivity index (χ3n) is 2.59. The van der Waals surface area contributed by atoms with Crippen molar-refractivity contribution < 1.29 is 9.59 Å². The molecular formula is C14H20N2O2. The van der Waals surface area contributed by atoms with Crippen LogP contribution in [-0.2, 0) is 0 Å². The van der Waals surface area contributed by atoms with Crippen LogP contribution in [0.5, 0.6) is 0 Å². The van der Waals surface area contributed by atoms with E-state index in [2.05, 4.69) is 13.8 Å². The molecule has 1 rings (SSSR count). The Morgan fingerprint density at radius 1 is 1.22 bits per heavy atom. The molecular weight excluding hydrogens is 228 g/mol. The van der Waals surface area contributed by atoms with Crippen molar-refractivity contribution in [3.05, 3.63) is 34.9 Å². The van der Waals surface area contributed by atoms with Crippen molar-refractivity contribution in [2.45, 2.75) is 20.8 Å². The van der Waals surface area contributed by atoms with Gasteiger partial charge in [0.25, 0.3) is 5.91 Å². The second-order valence-corrected chi connectivity index (χ2v) is 5.03. The van der Waals surface area contributed by atoms with E-state index in [0.717, 1.165) is 5.56 Å². The summed E-state index contributed by atoms with van der Waals surface area (Å²) in [6, 6.07) is 5.00. The molecule has 0 aliphatic rings. The van der Waals surface area contributed by atoms with Gasteiger partial charge in [-0.15, -0.1) is 0 Å². The van der Waals surface area contributed by atoms with Crippen LogP contribution in [-0.4, -0.2) is 30.3 Å². The van der Waals surface area contributed by atoms with Crippen molar-refractivity contribution in [2.24, 2.45) is 11.7 Å². The fourth-order valence-corrected chi connectivity index (χ4v) is 1.90. The van der Waals surface area contributed by atoms with Gasteiger partial charge in [-0.1, -0.05) is 13.8 Å². The van der Waals surface area contributed by atoms with Crippen LogP contribution >= 0.6 is 0 Å². The second kappa shape index (κ2) is 5.67. The summed E-state index contributed by atoms with van der Waals surface area (Å²) >= 11 is 0. The van der Waals surface area contributed by atoms with Crippen LogP contribution in [0.1, 0.15) is 40.1 Å². The molecule has 0 atom stereocenters. The van der Waals surface area contributed by atoms with Gasteiger partial charge in [0.15, 0.2) is 0 Å². The average molecular weight is 248 g/mol. The van der Waals surface area contributed by atoms with Gasteiger partial charge in [0, 0.05) is 24.7 Å². The topological polar surface area (TPSA) is 63.4 Å². The van der Waals surface area contributed by atoms with Crippen molar-refractivity contribution in [1.29, 1.82) is 0 Å². The van der Waals surface area contributed by atoms with Gasteiger partial charge in [-0.3, -0.25) is 9.59 Å². The van der Waals surface area contributed by atoms with Crippen molar-refractivity contribution in [3.8, 4) is 0 Å². The molecule has 4 heteroatoms. The van der Waals surface area contributed by atoms with Crippen LogP contribution in [0.25, 0.3) is 0 Å². The summed E-state index contributed by atoms with van der Waals surface area (Å²) in [4.78, 5) is 25.0. The Labute approximate surface area is 108 Å². The Kier molecular flexibility index (Phi) is 4.48. The molecule has 4 nitrogen and oxygen atoms in total. The molecule has 0 aliphatic heterocycles. The number of nitrogens with zero attached hydrogens (tertiary/aromatic N) is 1. The molecule has 0 radical (unpaired) electrons. The molecule has 2 N–H and O–H groups in total. The number of carbonyl (C=O) groups is 2. The minimum absolute atomic E-state index is 0.0881. The number of rotatable bonds is 4. The van der Waals surface area contributed by atoms with Gasteiger partial charge in [0.2, 0.25) is 5.91 Å². The highest BCUT2D eigenvalue weighted by atomic mass is 16.2. The zero-order valence-electron chi connectivity index (χ0n) is 11.4. The molecule has 0 bridgehead atoms. The van der Waals surface area contributed by atoms with Gasteiger partial charge in [0.1, 0.15) is 0 Å². The summed E-state index contributed by atoms with van der Waals surface area (Å²) in [5.41, 5.74) is 6.98. The van der Waals surface area contributed by atoms with Crippen molar-refractivity contribution >= 4 is 11.8 Å². The summed E-state index contributed by atoms with van der Waals surface area (Å²) in [6.45, 7) is 6.62. The van der Waals surface area contributed by atoms with Crippen molar-refractivity contribution in [2.75, 3.05) is 13.6 Å². The van der Waals surface area contributed by atoms with E-state index in [0.29, 0.717) is 23.6 Å². The summed E-state index contributed by atoms with van der Waals surface area (Å²) in [5, 5.41) is 0. The lowest BCUT2D eigenvalue weighted by Crippen LogP contribution is -2.30. The van der Waals surface area contributed by atoms with Gasteiger partial charge in [-0.2, -0.15) is 0 Å². The fourth-order valence-electron chi connectivity index (χ4n) is 1.90. The molecule has 18 heavy (non-hydrogen) atoms. The highest BCUT2D eigenvalue weighted by Crippen LogP contribution is 2.12.